The van der Waals surface area contributed by atoms with Gasteiger partial charge in [-0.1, -0.05) is 25.7 Å². The van der Waals surface area contributed by atoms with Crippen molar-refractivity contribution in [1.29, 1.82) is 0 Å². The van der Waals surface area contributed by atoms with E-state index in [2.05, 4.69) is 38.5 Å². The Morgan fingerprint density at radius 2 is 2.00 bits per heavy atom. The molecule has 0 radical (unpaired) electrons. The van der Waals surface area contributed by atoms with E-state index in [1.807, 2.05) is 6.92 Å². The minimum Gasteiger partial charge on any atom is -0.349 e. The molecule has 0 bridgehead atoms. The zero-order chi connectivity index (χ0) is 13.2. The lowest BCUT2D eigenvalue weighted by atomic mass is 10.1. The molecular formula is C13H21NOSSi. The number of rotatable bonds is 4. The summed E-state index contributed by atoms with van der Waals surface area (Å²) in [6.07, 6.45) is 1.71. The fraction of sp³-hybridized carbons (Fsp3) is 0.462. The summed E-state index contributed by atoms with van der Waals surface area (Å²) in [4.78, 5) is 13.4. The molecule has 1 aromatic heterocycles. The van der Waals surface area contributed by atoms with Crippen molar-refractivity contribution in [1.82, 2.24) is 5.32 Å². The van der Waals surface area contributed by atoms with Gasteiger partial charge in [-0.3, -0.25) is 4.79 Å². The number of aryl methyl sites for hydroxylation is 1. The Morgan fingerprint density at radius 3 is 2.47 bits per heavy atom. The summed E-state index contributed by atoms with van der Waals surface area (Å²) in [7, 11) is -1.46. The van der Waals surface area contributed by atoms with Crippen LogP contribution in [-0.4, -0.2) is 20.5 Å². The average Bonchev–Trinajstić information content (AvgIpc) is 2.52. The van der Waals surface area contributed by atoms with Gasteiger partial charge in [-0.05, 0) is 19.4 Å². The average molecular weight is 267 g/mol. The largest absolute Gasteiger partial charge is 0.349 e. The van der Waals surface area contributed by atoms with Gasteiger partial charge in [-0.25, -0.2) is 0 Å². The first-order valence-corrected chi connectivity index (χ1v) is 10.1. The maximum absolute atomic E-state index is 12.2. The number of amides is 1. The summed E-state index contributed by atoms with van der Waals surface area (Å²) in [6, 6.07) is 0. The maximum atomic E-state index is 12.2. The molecule has 0 aliphatic heterocycles. The molecule has 0 spiro atoms. The summed E-state index contributed by atoms with van der Waals surface area (Å²) >= 11 is 1.78. The molecular weight excluding hydrogens is 246 g/mol. The molecule has 94 valence electrons. The van der Waals surface area contributed by atoms with Crippen LogP contribution < -0.4 is 9.82 Å². The van der Waals surface area contributed by atoms with Crippen LogP contribution >= 0.6 is 11.3 Å². The van der Waals surface area contributed by atoms with Gasteiger partial charge in [-0.15, -0.1) is 17.9 Å². The van der Waals surface area contributed by atoms with Crippen molar-refractivity contribution >= 4 is 29.8 Å². The Bertz CT molecular complexity index is 443. The standard InChI is InChI=1S/C13H21NOSSi/c1-7-8-14-12(15)11-9(2)10(3)16-13(11)17(4,5)6/h7H,1,8H2,2-6H3,(H,14,15). The lowest BCUT2D eigenvalue weighted by Crippen LogP contribution is -2.41. The topological polar surface area (TPSA) is 29.1 Å². The molecule has 0 atom stereocenters. The number of carbonyl (C=O) groups excluding carboxylic acids is 1. The van der Waals surface area contributed by atoms with Gasteiger partial charge in [0.1, 0.15) is 0 Å². The van der Waals surface area contributed by atoms with Gasteiger partial charge in [-0.2, -0.15) is 0 Å². The molecule has 1 heterocycles. The first-order chi connectivity index (χ1) is 7.79. The molecule has 1 aromatic rings. The molecule has 4 heteroatoms. The molecule has 1 rings (SSSR count). The van der Waals surface area contributed by atoms with Crippen molar-refractivity contribution in [3.8, 4) is 0 Å². The van der Waals surface area contributed by atoms with Gasteiger partial charge in [0.25, 0.3) is 5.91 Å². The van der Waals surface area contributed by atoms with E-state index >= 15 is 0 Å². The zero-order valence-electron chi connectivity index (χ0n) is 11.3. The molecule has 0 saturated heterocycles. The van der Waals surface area contributed by atoms with Crippen molar-refractivity contribution in [3.05, 3.63) is 28.7 Å². The van der Waals surface area contributed by atoms with Crippen molar-refractivity contribution in [3.63, 3.8) is 0 Å². The van der Waals surface area contributed by atoms with E-state index in [0.717, 1.165) is 11.1 Å². The summed E-state index contributed by atoms with van der Waals surface area (Å²) in [5.41, 5.74) is 2.04. The van der Waals surface area contributed by atoms with Gasteiger partial charge in [0.2, 0.25) is 0 Å². The van der Waals surface area contributed by atoms with E-state index < -0.39 is 8.07 Å². The first-order valence-electron chi connectivity index (χ1n) is 5.78. The molecule has 2 nitrogen and oxygen atoms in total. The third kappa shape index (κ3) is 3.07. The van der Waals surface area contributed by atoms with Crippen LogP contribution in [0.3, 0.4) is 0 Å². The van der Waals surface area contributed by atoms with E-state index in [4.69, 9.17) is 0 Å². The molecule has 0 aliphatic rings. The van der Waals surface area contributed by atoms with Crippen LogP contribution in [0, 0.1) is 13.8 Å². The Morgan fingerprint density at radius 1 is 1.41 bits per heavy atom. The van der Waals surface area contributed by atoms with Crippen molar-refractivity contribution in [2.45, 2.75) is 33.5 Å². The molecule has 0 saturated carbocycles. The van der Waals surface area contributed by atoms with E-state index in [-0.39, 0.29) is 5.91 Å². The number of nitrogens with one attached hydrogen (secondary N) is 1. The zero-order valence-corrected chi connectivity index (χ0v) is 13.1. The first kappa shape index (κ1) is 14.2. The number of hydrogen-bond donors (Lipinski definition) is 1. The monoisotopic (exact) mass is 267 g/mol. The maximum Gasteiger partial charge on any atom is 0.252 e. The Labute approximate surface area is 109 Å². The minimum atomic E-state index is -1.46. The molecule has 0 aliphatic carbocycles. The van der Waals surface area contributed by atoms with Crippen LogP contribution in [0.25, 0.3) is 0 Å². The molecule has 17 heavy (non-hydrogen) atoms. The van der Waals surface area contributed by atoms with E-state index in [9.17, 15) is 4.79 Å². The second kappa shape index (κ2) is 5.19. The quantitative estimate of drug-likeness (QED) is 0.659. The van der Waals surface area contributed by atoms with Crippen LogP contribution in [0.15, 0.2) is 12.7 Å². The van der Waals surface area contributed by atoms with Gasteiger partial charge in [0.05, 0.1) is 13.6 Å². The van der Waals surface area contributed by atoms with E-state index in [1.165, 1.54) is 9.38 Å². The Balaban J connectivity index is 3.21. The van der Waals surface area contributed by atoms with Crippen molar-refractivity contribution in [2.24, 2.45) is 0 Å². The van der Waals surface area contributed by atoms with Crippen LogP contribution in [0.2, 0.25) is 19.6 Å². The third-order valence-electron chi connectivity index (χ3n) is 2.70. The van der Waals surface area contributed by atoms with Crippen LogP contribution in [0.5, 0.6) is 0 Å². The fourth-order valence-corrected chi connectivity index (χ4v) is 5.33. The summed E-state index contributed by atoms with van der Waals surface area (Å²) < 4.78 is 1.30. The second-order valence-corrected chi connectivity index (χ2v) is 11.8. The third-order valence-corrected chi connectivity index (χ3v) is 7.48. The van der Waals surface area contributed by atoms with Gasteiger partial charge >= 0.3 is 0 Å². The summed E-state index contributed by atoms with van der Waals surface area (Å²) in [5, 5.41) is 2.89. The highest BCUT2D eigenvalue weighted by molar-refractivity contribution is 7.27. The highest BCUT2D eigenvalue weighted by atomic mass is 32.1. The number of thiophene rings is 1. The SMILES string of the molecule is C=CCNC(=O)c1c([Si](C)(C)C)sc(C)c1C. The predicted molar refractivity (Wildman–Crippen MR) is 79.3 cm³/mol. The van der Waals surface area contributed by atoms with Crippen LogP contribution in [0.4, 0.5) is 0 Å². The molecule has 1 amide bonds. The van der Waals surface area contributed by atoms with E-state index in [0.29, 0.717) is 6.54 Å². The highest BCUT2D eigenvalue weighted by Crippen LogP contribution is 2.22. The van der Waals surface area contributed by atoms with Crippen LogP contribution in [0.1, 0.15) is 20.8 Å². The summed E-state index contributed by atoms with van der Waals surface area (Å²) in [6.45, 7) is 15.1. The highest BCUT2D eigenvalue weighted by Gasteiger charge is 2.28. The van der Waals surface area contributed by atoms with Gasteiger partial charge in [0, 0.05) is 15.9 Å². The summed E-state index contributed by atoms with van der Waals surface area (Å²) in [5.74, 6) is 0.0455. The molecule has 0 fully saturated rings. The predicted octanol–water partition coefficient (Wildman–Crippen LogP) is 2.83. The van der Waals surface area contributed by atoms with Crippen LogP contribution in [-0.2, 0) is 0 Å². The molecule has 0 aromatic carbocycles. The van der Waals surface area contributed by atoms with Crippen molar-refractivity contribution in [2.75, 3.05) is 6.54 Å². The van der Waals surface area contributed by atoms with Crippen molar-refractivity contribution < 1.29 is 4.79 Å². The van der Waals surface area contributed by atoms with Gasteiger partial charge in [0.15, 0.2) is 0 Å². The second-order valence-electron chi connectivity index (χ2n) is 5.24. The lowest BCUT2D eigenvalue weighted by Gasteiger charge is -2.16. The minimum absolute atomic E-state index is 0.0455. The smallest absolute Gasteiger partial charge is 0.252 e. The Hall–Kier alpha value is -0.873. The fourth-order valence-electron chi connectivity index (χ4n) is 1.68. The van der Waals surface area contributed by atoms with E-state index in [1.54, 1.807) is 17.4 Å². The molecule has 0 unspecified atom stereocenters. The number of carbonyl (C=O) groups is 1. The lowest BCUT2D eigenvalue weighted by molar-refractivity contribution is 0.0959. The Kier molecular flexibility index (Phi) is 4.33. The van der Waals surface area contributed by atoms with Gasteiger partial charge < -0.3 is 5.32 Å². The molecule has 1 N–H and O–H groups in total. The number of hydrogen-bond acceptors (Lipinski definition) is 2. The normalized spacial score (nSPS) is 11.4.